The maximum Gasteiger partial charge on any atom is 0.283 e. The third-order valence-electron chi connectivity index (χ3n) is 5.03. The molecule has 3 heterocycles. The number of rotatable bonds is 6. The van der Waals surface area contributed by atoms with Gasteiger partial charge in [0.2, 0.25) is 11.7 Å². The molecule has 0 N–H and O–H groups in total. The van der Waals surface area contributed by atoms with E-state index >= 15 is 0 Å². The summed E-state index contributed by atoms with van der Waals surface area (Å²) < 4.78 is 8.36. The average Bonchev–Trinajstić information content (AvgIpc) is 3.44. The highest BCUT2D eigenvalue weighted by Crippen LogP contribution is 2.21. The predicted octanol–water partition coefficient (Wildman–Crippen LogP) is 3.16. The summed E-state index contributed by atoms with van der Waals surface area (Å²) in [5.74, 6) is 0.781. The molecule has 0 unspecified atom stereocenters. The Labute approximate surface area is 187 Å². The van der Waals surface area contributed by atoms with Crippen molar-refractivity contribution in [3.8, 4) is 11.4 Å². The second kappa shape index (κ2) is 8.39. The Morgan fingerprint density at radius 2 is 1.94 bits per heavy atom. The van der Waals surface area contributed by atoms with E-state index in [1.54, 1.807) is 16.4 Å². The van der Waals surface area contributed by atoms with Gasteiger partial charge in [-0.15, -0.1) is 16.9 Å². The van der Waals surface area contributed by atoms with Crippen LogP contribution in [-0.2, 0) is 13.1 Å². The molecule has 0 atom stereocenters. The number of hydrogen-bond acceptors (Lipinski definition) is 8. The van der Waals surface area contributed by atoms with Crippen molar-refractivity contribution in [1.29, 1.82) is 0 Å². The highest BCUT2D eigenvalue weighted by atomic mass is 32.2. The number of aromatic nitrogens is 7. The molecule has 0 aliphatic rings. The summed E-state index contributed by atoms with van der Waals surface area (Å²) in [5.41, 5.74) is 3.39. The van der Waals surface area contributed by atoms with Gasteiger partial charge in [-0.1, -0.05) is 40.2 Å². The Bertz CT molecular complexity index is 1450. The lowest BCUT2D eigenvalue weighted by atomic mass is 10.1. The summed E-state index contributed by atoms with van der Waals surface area (Å²) in [6.07, 6.45) is 3.48. The van der Waals surface area contributed by atoms with E-state index in [0.717, 1.165) is 21.6 Å². The van der Waals surface area contributed by atoms with Crippen LogP contribution in [0.3, 0.4) is 0 Å². The third kappa shape index (κ3) is 3.92. The molecule has 0 saturated carbocycles. The van der Waals surface area contributed by atoms with Crippen molar-refractivity contribution in [3.05, 3.63) is 82.2 Å². The van der Waals surface area contributed by atoms with Crippen LogP contribution in [0.1, 0.15) is 17.0 Å². The van der Waals surface area contributed by atoms with Crippen LogP contribution >= 0.6 is 11.8 Å². The van der Waals surface area contributed by atoms with Gasteiger partial charge in [-0.3, -0.25) is 9.36 Å². The van der Waals surface area contributed by atoms with Crippen LogP contribution in [0.15, 0.2) is 69.1 Å². The maximum atomic E-state index is 12.9. The van der Waals surface area contributed by atoms with Crippen molar-refractivity contribution in [2.24, 2.45) is 0 Å². The Morgan fingerprint density at radius 1 is 1.09 bits per heavy atom. The molecule has 3 aromatic heterocycles. The number of benzene rings is 2. The van der Waals surface area contributed by atoms with Crippen molar-refractivity contribution in [2.75, 3.05) is 6.26 Å². The normalized spacial score (nSPS) is 11.3. The van der Waals surface area contributed by atoms with E-state index in [-0.39, 0.29) is 17.6 Å². The molecule has 32 heavy (non-hydrogen) atoms. The fourth-order valence-electron chi connectivity index (χ4n) is 3.41. The van der Waals surface area contributed by atoms with Crippen molar-refractivity contribution in [3.63, 3.8) is 0 Å². The van der Waals surface area contributed by atoms with Gasteiger partial charge in [-0.2, -0.15) is 4.98 Å². The molecule has 2 aromatic carbocycles. The number of aryl methyl sites for hydroxylation is 1. The Balaban J connectivity index is 1.39. The summed E-state index contributed by atoms with van der Waals surface area (Å²) in [6, 6.07) is 16.0. The van der Waals surface area contributed by atoms with Crippen molar-refractivity contribution in [2.45, 2.75) is 24.9 Å². The first-order valence-electron chi connectivity index (χ1n) is 9.92. The van der Waals surface area contributed by atoms with Gasteiger partial charge in [0.25, 0.3) is 5.56 Å². The summed E-state index contributed by atoms with van der Waals surface area (Å²) >= 11 is 1.66. The highest BCUT2D eigenvalue weighted by molar-refractivity contribution is 7.98. The van der Waals surface area contributed by atoms with Crippen molar-refractivity contribution < 1.29 is 4.52 Å². The fourth-order valence-corrected chi connectivity index (χ4v) is 3.82. The molecule has 0 aliphatic heterocycles. The van der Waals surface area contributed by atoms with E-state index < -0.39 is 0 Å². The molecule has 5 rings (SSSR count). The molecule has 0 bridgehead atoms. The number of thioether (sulfide) groups is 1. The van der Waals surface area contributed by atoms with Crippen molar-refractivity contribution in [1.82, 2.24) is 34.7 Å². The van der Waals surface area contributed by atoms with Gasteiger partial charge < -0.3 is 4.52 Å². The summed E-state index contributed by atoms with van der Waals surface area (Å²) in [6.45, 7) is 2.61. The first-order valence-corrected chi connectivity index (χ1v) is 11.1. The largest absolute Gasteiger partial charge is 0.337 e. The highest BCUT2D eigenvalue weighted by Gasteiger charge is 2.15. The monoisotopic (exact) mass is 445 g/mol. The molecule has 0 saturated heterocycles. The lowest BCUT2D eigenvalue weighted by Gasteiger charge is -2.04. The van der Waals surface area contributed by atoms with Gasteiger partial charge in [0.1, 0.15) is 12.9 Å². The minimum absolute atomic E-state index is 0.0996. The van der Waals surface area contributed by atoms with Crippen LogP contribution in [0.5, 0.6) is 0 Å². The van der Waals surface area contributed by atoms with E-state index in [4.69, 9.17) is 4.52 Å². The van der Waals surface area contributed by atoms with E-state index in [1.165, 1.54) is 10.9 Å². The fraction of sp³-hybridized carbons (Fsp3) is 0.182. The van der Waals surface area contributed by atoms with Gasteiger partial charge in [0, 0.05) is 10.5 Å². The predicted molar refractivity (Wildman–Crippen MR) is 120 cm³/mol. The summed E-state index contributed by atoms with van der Waals surface area (Å²) in [4.78, 5) is 22.9. The molecule has 0 spiro atoms. The van der Waals surface area contributed by atoms with Gasteiger partial charge in [-0.25, -0.2) is 9.67 Å². The standard InChI is InChI=1S/C22H19N7O2S/c1-14-4-3-5-15(10-14)11-29-21-19(25-27-29)22(30)28(13-23-21)12-18-24-20(26-31-18)16-6-8-17(32-2)9-7-16/h3-10,13H,11-12H2,1-2H3. The summed E-state index contributed by atoms with van der Waals surface area (Å²) in [5, 5.41) is 12.2. The van der Waals surface area contributed by atoms with Crippen LogP contribution < -0.4 is 5.56 Å². The molecule has 0 radical (unpaired) electrons. The van der Waals surface area contributed by atoms with Crippen LogP contribution in [0, 0.1) is 6.92 Å². The van der Waals surface area contributed by atoms with Crippen LogP contribution in [0.25, 0.3) is 22.6 Å². The molecular formula is C22H19N7O2S. The molecule has 0 aliphatic carbocycles. The lowest BCUT2D eigenvalue weighted by molar-refractivity contribution is 0.369. The van der Waals surface area contributed by atoms with E-state index in [2.05, 4.69) is 31.5 Å². The van der Waals surface area contributed by atoms with Gasteiger partial charge in [0.05, 0.1) is 6.54 Å². The summed E-state index contributed by atoms with van der Waals surface area (Å²) in [7, 11) is 0. The van der Waals surface area contributed by atoms with E-state index in [9.17, 15) is 4.79 Å². The van der Waals surface area contributed by atoms with E-state index in [0.29, 0.717) is 23.9 Å². The number of nitrogens with zero attached hydrogens (tertiary/aromatic N) is 7. The molecular weight excluding hydrogens is 426 g/mol. The van der Waals surface area contributed by atoms with E-state index in [1.807, 2.05) is 55.6 Å². The number of fused-ring (bicyclic) bond motifs is 1. The van der Waals surface area contributed by atoms with Crippen LogP contribution in [-0.4, -0.2) is 40.9 Å². The number of hydrogen-bond donors (Lipinski definition) is 0. The minimum atomic E-state index is -0.311. The quantitative estimate of drug-likeness (QED) is 0.367. The van der Waals surface area contributed by atoms with Gasteiger partial charge in [-0.05, 0) is 43.0 Å². The van der Waals surface area contributed by atoms with Gasteiger partial charge in [0.15, 0.2) is 11.2 Å². The minimum Gasteiger partial charge on any atom is -0.337 e. The van der Waals surface area contributed by atoms with Crippen LogP contribution in [0.4, 0.5) is 0 Å². The maximum absolute atomic E-state index is 12.9. The second-order valence-corrected chi connectivity index (χ2v) is 8.21. The molecule has 160 valence electrons. The van der Waals surface area contributed by atoms with Gasteiger partial charge >= 0.3 is 0 Å². The first-order chi connectivity index (χ1) is 15.6. The Morgan fingerprint density at radius 3 is 2.72 bits per heavy atom. The first kappa shape index (κ1) is 20.1. The zero-order chi connectivity index (χ0) is 22.1. The molecule has 9 nitrogen and oxygen atoms in total. The SMILES string of the molecule is CSc1ccc(-c2noc(Cn3cnc4c(nnn4Cc4cccc(C)c4)c3=O)n2)cc1. The molecule has 5 aromatic rings. The smallest absolute Gasteiger partial charge is 0.283 e. The molecule has 0 amide bonds. The average molecular weight is 446 g/mol. The zero-order valence-corrected chi connectivity index (χ0v) is 18.3. The molecule has 10 heteroatoms. The molecule has 0 fully saturated rings. The lowest BCUT2D eigenvalue weighted by Crippen LogP contribution is -2.21. The Hall–Kier alpha value is -3.79. The zero-order valence-electron chi connectivity index (χ0n) is 17.5. The second-order valence-electron chi connectivity index (χ2n) is 7.33. The van der Waals surface area contributed by atoms with Crippen molar-refractivity contribution >= 4 is 22.9 Å². The third-order valence-corrected chi connectivity index (χ3v) is 5.77. The van der Waals surface area contributed by atoms with Crippen LogP contribution in [0.2, 0.25) is 0 Å². The Kier molecular flexibility index (Phi) is 5.28. The topological polar surface area (TPSA) is 105 Å².